The largest absolute Gasteiger partial charge is 0.453 e. The van der Waals surface area contributed by atoms with Gasteiger partial charge in [-0.1, -0.05) is 0 Å². The van der Waals surface area contributed by atoms with Gasteiger partial charge >= 0.3 is 0 Å². The predicted molar refractivity (Wildman–Crippen MR) is 82.7 cm³/mol. The van der Waals surface area contributed by atoms with E-state index in [0.717, 1.165) is 42.2 Å². The first-order valence-corrected chi connectivity index (χ1v) is 8.08. The van der Waals surface area contributed by atoms with Crippen molar-refractivity contribution in [3.05, 3.63) is 40.5 Å². The van der Waals surface area contributed by atoms with Gasteiger partial charge in [-0.15, -0.1) is 0 Å². The maximum Gasteiger partial charge on any atom is 0.169 e. The van der Waals surface area contributed by atoms with E-state index in [-0.39, 0.29) is 6.10 Å². The number of rotatable bonds is 5. The molecule has 2 aromatic heterocycles. The lowest BCUT2D eigenvalue weighted by molar-refractivity contribution is -0.0324. The summed E-state index contributed by atoms with van der Waals surface area (Å²) in [6.07, 6.45) is 4.25. The molecule has 114 valence electrons. The molecule has 2 aromatic rings. The number of aromatic nitrogens is 2. The van der Waals surface area contributed by atoms with E-state index in [1.54, 1.807) is 0 Å². The van der Waals surface area contributed by atoms with Gasteiger partial charge in [0.2, 0.25) is 0 Å². The average Bonchev–Trinajstić information content (AvgIpc) is 3.08. The Morgan fingerprint density at radius 2 is 2.33 bits per heavy atom. The summed E-state index contributed by atoms with van der Waals surface area (Å²) in [4.78, 5) is 0. The van der Waals surface area contributed by atoms with Gasteiger partial charge in [-0.3, -0.25) is 4.68 Å². The van der Waals surface area contributed by atoms with Crippen LogP contribution in [-0.4, -0.2) is 22.9 Å². The topological polar surface area (TPSA) is 52.2 Å². The highest BCUT2D eigenvalue weighted by atomic mass is 79.9. The van der Waals surface area contributed by atoms with E-state index in [2.05, 4.69) is 26.3 Å². The minimum absolute atomic E-state index is 0.127. The second kappa shape index (κ2) is 6.77. The second-order valence-electron chi connectivity index (χ2n) is 5.41. The van der Waals surface area contributed by atoms with Crippen molar-refractivity contribution in [3.8, 4) is 0 Å². The van der Waals surface area contributed by atoms with Crippen LogP contribution < -0.4 is 5.32 Å². The summed E-state index contributed by atoms with van der Waals surface area (Å²) < 4.78 is 14.2. The van der Waals surface area contributed by atoms with Gasteiger partial charge in [0.1, 0.15) is 11.9 Å². The number of aryl methyl sites for hydroxylation is 1. The van der Waals surface area contributed by atoms with Gasteiger partial charge < -0.3 is 14.5 Å². The van der Waals surface area contributed by atoms with Crippen molar-refractivity contribution in [2.75, 3.05) is 13.2 Å². The van der Waals surface area contributed by atoms with E-state index >= 15 is 0 Å². The van der Waals surface area contributed by atoms with Crippen molar-refractivity contribution in [1.82, 2.24) is 15.1 Å². The highest BCUT2D eigenvalue weighted by Crippen LogP contribution is 2.32. The van der Waals surface area contributed by atoms with Crippen LogP contribution in [0.4, 0.5) is 0 Å². The van der Waals surface area contributed by atoms with Gasteiger partial charge in [-0.05, 0) is 47.0 Å². The lowest BCUT2D eigenvalue weighted by atomic mass is 9.92. The van der Waals surface area contributed by atoms with Crippen molar-refractivity contribution < 1.29 is 9.15 Å². The van der Waals surface area contributed by atoms with Crippen LogP contribution in [-0.2, 0) is 18.3 Å². The van der Waals surface area contributed by atoms with Crippen molar-refractivity contribution in [2.24, 2.45) is 13.0 Å². The van der Waals surface area contributed by atoms with E-state index < -0.39 is 0 Å². The molecule has 1 saturated heterocycles. The van der Waals surface area contributed by atoms with Gasteiger partial charge in [0, 0.05) is 32.3 Å². The Bertz CT molecular complexity index is 581. The minimum atomic E-state index is 0.127. The molecule has 21 heavy (non-hydrogen) atoms. The lowest BCUT2D eigenvalue weighted by Gasteiger charge is -2.32. The summed E-state index contributed by atoms with van der Waals surface area (Å²) in [5.74, 6) is 1.41. The average molecular weight is 354 g/mol. The van der Waals surface area contributed by atoms with E-state index in [1.165, 1.54) is 6.42 Å². The fourth-order valence-electron chi connectivity index (χ4n) is 2.87. The summed E-state index contributed by atoms with van der Waals surface area (Å²) >= 11 is 3.32. The predicted octanol–water partition coefficient (Wildman–Crippen LogP) is 3.03. The van der Waals surface area contributed by atoms with Crippen molar-refractivity contribution in [3.63, 3.8) is 0 Å². The molecule has 0 bridgehead atoms. The number of nitrogens with zero attached hydrogens (tertiary/aromatic N) is 2. The molecule has 0 amide bonds. The Morgan fingerprint density at radius 3 is 3.05 bits per heavy atom. The highest BCUT2D eigenvalue weighted by Gasteiger charge is 2.29. The summed E-state index contributed by atoms with van der Waals surface area (Å²) in [5, 5.41) is 7.72. The van der Waals surface area contributed by atoms with Gasteiger partial charge in [-0.25, -0.2) is 0 Å². The zero-order valence-corrected chi connectivity index (χ0v) is 13.7. The number of hydrogen-bond acceptors (Lipinski definition) is 4. The molecule has 3 rings (SSSR count). The molecule has 0 radical (unpaired) electrons. The molecule has 0 unspecified atom stereocenters. The maximum absolute atomic E-state index is 5.99. The summed E-state index contributed by atoms with van der Waals surface area (Å²) in [7, 11) is 1.97. The zero-order chi connectivity index (χ0) is 14.7. The molecule has 2 atom stereocenters. The monoisotopic (exact) mass is 353 g/mol. The fourth-order valence-corrected chi connectivity index (χ4v) is 3.21. The van der Waals surface area contributed by atoms with E-state index in [0.29, 0.717) is 5.92 Å². The summed E-state index contributed by atoms with van der Waals surface area (Å²) in [6, 6.07) is 5.94. The number of ether oxygens (including phenoxy) is 1. The van der Waals surface area contributed by atoms with Gasteiger partial charge in [-0.2, -0.15) is 5.10 Å². The van der Waals surface area contributed by atoms with E-state index in [9.17, 15) is 0 Å². The van der Waals surface area contributed by atoms with Crippen LogP contribution >= 0.6 is 15.9 Å². The standard InChI is InChI=1S/C15H20BrN3O2/c1-19-13(6-7-18-19)15-11(3-2-8-20-15)9-17-10-12-4-5-14(16)21-12/h4-7,11,15,17H,2-3,8-10H2,1H3/t11-,15+/m0/s1. The van der Waals surface area contributed by atoms with Crippen LogP contribution in [0, 0.1) is 5.92 Å². The Hall–Kier alpha value is -1.11. The quantitative estimate of drug-likeness (QED) is 0.897. The van der Waals surface area contributed by atoms with Crippen LogP contribution in [0.5, 0.6) is 0 Å². The van der Waals surface area contributed by atoms with Gasteiger partial charge in [0.05, 0.1) is 12.2 Å². The first kappa shape index (κ1) is 14.8. The molecule has 0 spiro atoms. The number of halogens is 1. The zero-order valence-electron chi connectivity index (χ0n) is 12.1. The number of hydrogen-bond donors (Lipinski definition) is 1. The van der Waals surface area contributed by atoms with Crippen LogP contribution in [0.1, 0.15) is 30.4 Å². The van der Waals surface area contributed by atoms with Crippen LogP contribution in [0.3, 0.4) is 0 Å². The van der Waals surface area contributed by atoms with Gasteiger partial charge in [0.25, 0.3) is 0 Å². The third-order valence-electron chi connectivity index (χ3n) is 3.93. The van der Waals surface area contributed by atoms with E-state index in [4.69, 9.17) is 9.15 Å². The molecule has 5 nitrogen and oxygen atoms in total. The normalized spacial score (nSPS) is 22.6. The summed E-state index contributed by atoms with van der Waals surface area (Å²) in [6.45, 7) is 2.48. The molecular weight excluding hydrogens is 334 g/mol. The third-order valence-corrected chi connectivity index (χ3v) is 4.36. The van der Waals surface area contributed by atoms with Crippen molar-refractivity contribution >= 4 is 15.9 Å². The first-order valence-electron chi connectivity index (χ1n) is 7.28. The Labute approximate surface area is 132 Å². The minimum Gasteiger partial charge on any atom is -0.453 e. The number of nitrogens with one attached hydrogen (secondary N) is 1. The van der Waals surface area contributed by atoms with Crippen LogP contribution in [0.15, 0.2) is 33.5 Å². The maximum atomic E-state index is 5.99. The Balaban J connectivity index is 1.58. The molecule has 1 aliphatic rings. The number of furan rings is 1. The summed E-state index contributed by atoms with van der Waals surface area (Å²) in [5.41, 5.74) is 1.15. The molecule has 1 fully saturated rings. The van der Waals surface area contributed by atoms with Gasteiger partial charge in [0.15, 0.2) is 4.67 Å². The van der Waals surface area contributed by atoms with E-state index in [1.807, 2.05) is 36.1 Å². The van der Waals surface area contributed by atoms with Crippen LogP contribution in [0.25, 0.3) is 0 Å². The molecule has 6 heteroatoms. The first-order chi connectivity index (χ1) is 10.2. The van der Waals surface area contributed by atoms with Crippen LogP contribution in [0.2, 0.25) is 0 Å². The second-order valence-corrected chi connectivity index (χ2v) is 6.19. The highest BCUT2D eigenvalue weighted by molar-refractivity contribution is 9.10. The molecule has 0 aromatic carbocycles. The third kappa shape index (κ3) is 3.56. The van der Waals surface area contributed by atoms with Crippen molar-refractivity contribution in [1.29, 1.82) is 0 Å². The molecule has 1 aliphatic heterocycles. The Morgan fingerprint density at radius 1 is 1.43 bits per heavy atom. The molecule has 3 heterocycles. The lowest BCUT2D eigenvalue weighted by Crippen LogP contribution is -2.32. The van der Waals surface area contributed by atoms with Crippen molar-refractivity contribution in [2.45, 2.75) is 25.5 Å². The molecule has 1 N–H and O–H groups in total. The fraction of sp³-hybridized carbons (Fsp3) is 0.533. The SMILES string of the molecule is Cn1nccc1[C@@H]1OCCC[C@H]1CNCc1ccc(Br)o1. The molecular formula is C15H20BrN3O2. The smallest absolute Gasteiger partial charge is 0.169 e. The molecule has 0 saturated carbocycles. The Kier molecular flexibility index (Phi) is 4.77. The molecule has 0 aliphatic carbocycles.